The van der Waals surface area contributed by atoms with Crippen LogP contribution < -0.4 is 0 Å². The lowest BCUT2D eigenvalue weighted by atomic mass is 9.95. The Bertz CT molecular complexity index is 391. The molecule has 0 radical (unpaired) electrons. The van der Waals surface area contributed by atoms with Crippen molar-refractivity contribution in [1.82, 2.24) is 0 Å². The van der Waals surface area contributed by atoms with Crippen molar-refractivity contribution in [2.75, 3.05) is 0 Å². The van der Waals surface area contributed by atoms with E-state index < -0.39 is 0 Å². The summed E-state index contributed by atoms with van der Waals surface area (Å²) in [5.74, 6) is 0.242. The highest BCUT2D eigenvalue weighted by molar-refractivity contribution is 5.85. The van der Waals surface area contributed by atoms with Crippen molar-refractivity contribution in [3.8, 4) is 0 Å². The molecule has 28 heavy (non-hydrogen) atoms. The summed E-state index contributed by atoms with van der Waals surface area (Å²) in [5.41, 5.74) is 0. The Balaban J connectivity index is 2.21. The molecular formula is C25H46O3. The van der Waals surface area contributed by atoms with Crippen molar-refractivity contribution in [1.29, 1.82) is 0 Å². The number of rotatable bonds is 0. The van der Waals surface area contributed by atoms with Crippen molar-refractivity contribution in [3.63, 3.8) is 0 Å². The van der Waals surface area contributed by atoms with Crippen LogP contribution in [-0.2, 0) is 14.3 Å². The fourth-order valence-electron chi connectivity index (χ4n) is 4.20. The lowest BCUT2D eigenvalue weighted by molar-refractivity contribution is -0.159. The first-order valence-corrected chi connectivity index (χ1v) is 12.4. The van der Waals surface area contributed by atoms with Crippen LogP contribution in [-0.4, -0.2) is 11.9 Å². The topological polar surface area (TPSA) is 43.4 Å². The number of hydrogen-bond donors (Lipinski definition) is 0. The number of carbonyl (C=O) groups is 2. The molecule has 1 unspecified atom stereocenters. The van der Waals surface area contributed by atoms with Gasteiger partial charge in [-0.1, -0.05) is 116 Å². The van der Waals surface area contributed by atoms with Gasteiger partial charge in [0.05, 0.1) is 0 Å². The van der Waals surface area contributed by atoms with Crippen LogP contribution in [0.5, 0.6) is 0 Å². The SMILES string of the molecule is CC1CCCCCCCCCCCC(=O)OC(=O)CCCCCCCCCC1. The third-order valence-corrected chi connectivity index (χ3v) is 6.13. The molecular weight excluding hydrogens is 348 g/mol. The number of esters is 2. The number of cyclic esters (lactones) is 2. The van der Waals surface area contributed by atoms with Crippen LogP contribution in [0.4, 0.5) is 0 Å². The molecule has 1 atom stereocenters. The Morgan fingerprint density at radius 3 is 1.14 bits per heavy atom. The van der Waals surface area contributed by atoms with E-state index in [0.717, 1.165) is 31.6 Å². The second kappa shape index (κ2) is 18.2. The summed E-state index contributed by atoms with van der Waals surface area (Å²) < 4.78 is 4.93. The van der Waals surface area contributed by atoms with Crippen LogP contribution in [0.2, 0.25) is 0 Å². The maximum Gasteiger partial charge on any atom is 0.313 e. The first-order valence-electron chi connectivity index (χ1n) is 12.4. The van der Waals surface area contributed by atoms with Gasteiger partial charge in [0.15, 0.2) is 0 Å². The molecule has 1 aliphatic heterocycles. The van der Waals surface area contributed by atoms with E-state index in [2.05, 4.69) is 6.92 Å². The van der Waals surface area contributed by atoms with Gasteiger partial charge in [-0.3, -0.25) is 9.59 Å². The van der Waals surface area contributed by atoms with Gasteiger partial charge in [0.1, 0.15) is 0 Å². The molecule has 3 heteroatoms. The molecule has 0 aliphatic carbocycles. The van der Waals surface area contributed by atoms with E-state index in [1.165, 1.54) is 96.3 Å². The van der Waals surface area contributed by atoms with Crippen LogP contribution >= 0.6 is 0 Å². The van der Waals surface area contributed by atoms with Crippen LogP contribution in [0, 0.1) is 5.92 Å². The smallest absolute Gasteiger partial charge is 0.313 e. The predicted molar refractivity (Wildman–Crippen MR) is 117 cm³/mol. The second-order valence-corrected chi connectivity index (χ2v) is 9.04. The molecule has 1 heterocycles. The van der Waals surface area contributed by atoms with Crippen molar-refractivity contribution in [2.45, 2.75) is 142 Å². The molecule has 3 nitrogen and oxygen atoms in total. The van der Waals surface area contributed by atoms with Crippen LogP contribution in [0.25, 0.3) is 0 Å². The lowest BCUT2D eigenvalue weighted by Crippen LogP contribution is -2.11. The van der Waals surface area contributed by atoms with Gasteiger partial charge in [-0.05, 0) is 18.8 Å². The zero-order chi connectivity index (χ0) is 20.3. The predicted octanol–water partition coefficient (Wildman–Crippen LogP) is 7.90. The standard InChI is InChI=1S/C25H46O3/c1-23-19-15-11-7-3-2-4-9-13-17-21-24(26)28-25(27)22-18-14-10-6-5-8-12-16-20-23/h23H,2-22H2,1H3. The molecule has 164 valence electrons. The van der Waals surface area contributed by atoms with E-state index in [9.17, 15) is 9.59 Å². The molecule has 0 aromatic heterocycles. The Morgan fingerprint density at radius 1 is 0.500 bits per heavy atom. The average Bonchev–Trinajstić information content (AvgIpc) is 2.66. The minimum atomic E-state index is -0.329. The lowest BCUT2D eigenvalue weighted by Gasteiger charge is -2.11. The quantitative estimate of drug-likeness (QED) is 0.310. The van der Waals surface area contributed by atoms with E-state index in [0.29, 0.717) is 12.8 Å². The van der Waals surface area contributed by atoms with E-state index in [1.807, 2.05) is 0 Å². The van der Waals surface area contributed by atoms with E-state index >= 15 is 0 Å². The van der Waals surface area contributed by atoms with Crippen LogP contribution in [0.1, 0.15) is 142 Å². The number of ether oxygens (including phenoxy) is 1. The maximum absolute atomic E-state index is 11.7. The van der Waals surface area contributed by atoms with Gasteiger partial charge in [-0.2, -0.15) is 0 Å². The largest absolute Gasteiger partial charge is 0.393 e. The average molecular weight is 395 g/mol. The Morgan fingerprint density at radius 2 is 0.786 bits per heavy atom. The Kier molecular flexibility index (Phi) is 16.4. The highest BCUT2D eigenvalue weighted by Gasteiger charge is 2.10. The molecule has 1 fully saturated rings. The summed E-state index contributed by atoms with van der Waals surface area (Å²) in [4.78, 5) is 23.4. The molecule has 0 bridgehead atoms. The van der Waals surface area contributed by atoms with Crippen molar-refractivity contribution in [2.24, 2.45) is 5.92 Å². The summed E-state index contributed by atoms with van der Waals surface area (Å²) >= 11 is 0. The van der Waals surface area contributed by atoms with Gasteiger partial charge < -0.3 is 4.74 Å². The summed E-state index contributed by atoms with van der Waals surface area (Å²) in [7, 11) is 0. The molecule has 0 spiro atoms. The van der Waals surface area contributed by atoms with Gasteiger partial charge in [-0.15, -0.1) is 0 Å². The van der Waals surface area contributed by atoms with Gasteiger partial charge in [0, 0.05) is 12.8 Å². The molecule has 0 amide bonds. The first kappa shape index (κ1) is 25.2. The third-order valence-electron chi connectivity index (χ3n) is 6.13. The normalized spacial score (nSPS) is 25.2. The molecule has 1 aliphatic rings. The molecule has 0 saturated carbocycles. The van der Waals surface area contributed by atoms with Crippen LogP contribution in [0.15, 0.2) is 0 Å². The van der Waals surface area contributed by atoms with E-state index in [4.69, 9.17) is 4.74 Å². The zero-order valence-corrected chi connectivity index (χ0v) is 18.7. The van der Waals surface area contributed by atoms with E-state index in [-0.39, 0.29) is 11.9 Å². The van der Waals surface area contributed by atoms with Gasteiger partial charge in [0.25, 0.3) is 0 Å². The number of carbonyl (C=O) groups excluding carboxylic acids is 2. The molecule has 0 aromatic rings. The highest BCUT2D eigenvalue weighted by Crippen LogP contribution is 2.19. The maximum atomic E-state index is 11.7. The summed E-state index contributed by atoms with van der Waals surface area (Å²) in [6.07, 6.45) is 24.6. The Labute approximate surface area is 174 Å². The fraction of sp³-hybridized carbons (Fsp3) is 0.920. The van der Waals surface area contributed by atoms with Gasteiger partial charge >= 0.3 is 11.9 Å². The van der Waals surface area contributed by atoms with Crippen molar-refractivity contribution >= 4 is 11.9 Å². The number of hydrogen-bond acceptors (Lipinski definition) is 3. The highest BCUT2D eigenvalue weighted by atomic mass is 16.6. The minimum Gasteiger partial charge on any atom is -0.393 e. The van der Waals surface area contributed by atoms with Gasteiger partial charge in [0.2, 0.25) is 0 Å². The zero-order valence-electron chi connectivity index (χ0n) is 18.7. The summed E-state index contributed by atoms with van der Waals surface area (Å²) in [5, 5.41) is 0. The van der Waals surface area contributed by atoms with Crippen molar-refractivity contribution in [3.05, 3.63) is 0 Å². The monoisotopic (exact) mass is 394 g/mol. The molecule has 0 aromatic carbocycles. The second-order valence-electron chi connectivity index (χ2n) is 9.04. The summed E-state index contributed by atoms with van der Waals surface area (Å²) in [6, 6.07) is 0. The molecule has 1 rings (SSSR count). The summed E-state index contributed by atoms with van der Waals surface area (Å²) in [6.45, 7) is 2.43. The van der Waals surface area contributed by atoms with Crippen LogP contribution in [0.3, 0.4) is 0 Å². The molecule has 1 saturated heterocycles. The van der Waals surface area contributed by atoms with E-state index in [1.54, 1.807) is 0 Å². The molecule has 0 N–H and O–H groups in total. The Hall–Kier alpha value is -0.860. The first-order chi connectivity index (χ1) is 13.7. The fourth-order valence-corrected chi connectivity index (χ4v) is 4.20. The third kappa shape index (κ3) is 16.1. The van der Waals surface area contributed by atoms with Crippen molar-refractivity contribution < 1.29 is 14.3 Å². The van der Waals surface area contributed by atoms with Gasteiger partial charge in [-0.25, -0.2) is 0 Å². The minimum absolute atomic E-state index is 0.329.